The van der Waals surface area contributed by atoms with Crippen molar-refractivity contribution in [1.29, 1.82) is 0 Å². The number of ether oxygens (including phenoxy) is 3. The molecule has 7 rings (SSSR count). The molecule has 0 bridgehead atoms. The van der Waals surface area contributed by atoms with Crippen molar-refractivity contribution in [2.45, 2.75) is 118 Å². The van der Waals surface area contributed by atoms with Gasteiger partial charge in [-0.2, -0.15) is 0 Å². The van der Waals surface area contributed by atoms with Gasteiger partial charge in [0.05, 0.1) is 11.8 Å². The quantitative estimate of drug-likeness (QED) is 0.0693. The van der Waals surface area contributed by atoms with Crippen LogP contribution < -0.4 is 25.7 Å². The lowest BCUT2D eigenvalue weighted by atomic mass is 9.44. The number of ketones is 1. The van der Waals surface area contributed by atoms with E-state index >= 15 is 0 Å². The summed E-state index contributed by atoms with van der Waals surface area (Å²) in [6.45, 7) is 13.5. The highest BCUT2D eigenvalue weighted by Crippen LogP contribution is 2.68. The van der Waals surface area contributed by atoms with Crippen LogP contribution in [0, 0.1) is 52.3 Å². The molecule has 6 heteroatoms. The molecule has 0 aliphatic heterocycles. The topological polar surface area (TPSA) is 96.8 Å². The Bertz CT molecular complexity index is 1800. The van der Waals surface area contributed by atoms with Crippen molar-refractivity contribution in [1.82, 2.24) is 0 Å². The molecule has 56 heavy (non-hydrogen) atoms. The molecular weight excluding hydrogens is 693 g/mol. The van der Waals surface area contributed by atoms with Crippen LogP contribution in [0.2, 0.25) is 0 Å². The van der Waals surface area contributed by atoms with Crippen LogP contribution in [-0.2, 0) is 0 Å². The maximum absolute atomic E-state index is 13.1. The monoisotopic (exact) mass is 761 g/mol. The fourth-order valence-corrected chi connectivity index (χ4v) is 12.2. The van der Waals surface area contributed by atoms with Gasteiger partial charge in [-0.05, 0) is 176 Å². The number of nitrogen functional groups attached to an aromatic ring is 2. The van der Waals surface area contributed by atoms with Gasteiger partial charge >= 0.3 is 0 Å². The van der Waals surface area contributed by atoms with Crippen LogP contribution >= 0.6 is 0 Å². The maximum Gasteiger partial charge on any atom is 0.185 e. The van der Waals surface area contributed by atoms with E-state index in [0.29, 0.717) is 46.7 Å². The summed E-state index contributed by atoms with van der Waals surface area (Å²) in [6, 6.07) is 20.6. The van der Waals surface area contributed by atoms with E-state index in [-0.39, 0.29) is 11.9 Å². The Morgan fingerprint density at radius 1 is 0.786 bits per heavy atom. The third-order valence-corrected chi connectivity index (χ3v) is 15.2. The molecular formula is C50H68N2O4. The number of carbonyl (C=O) groups excluding carboxylic acids is 1. The zero-order chi connectivity index (χ0) is 39.5. The van der Waals surface area contributed by atoms with Crippen molar-refractivity contribution in [2.24, 2.45) is 52.3 Å². The van der Waals surface area contributed by atoms with E-state index in [1.807, 2.05) is 54.6 Å². The van der Waals surface area contributed by atoms with E-state index < -0.39 is 0 Å². The molecule has 9 atom stereocenters. The lowest BCUT2D eigenvalue weighted by Gasteiger charge is -2.61. The van der Waals surface area contributed by atoms with Crippen molar-refractivity contribution >= 4 is 23.2 Å². The van der Waals surface area contributed by atoms with Crippen molar-refractivity contribution < 1.29 is 19.0 Å². The molecule has 0 radical (unpaired) electrons. The maximum atomic E-state index is 13.1. The van der Waals surface area contributed by atoms with E-state index in [2.05, 4.69) is 34.6 Å². The molecule has 4 saturated carbocycles. The Balaban J connectivity index is 0.862. The number of anilines is 2. The minimum Gasteiger partial charge on any atom is -0.490 e. The second-order valence-corrected chi connectivity index (χ2v) is 19.0. The number of allylic oxidation sites excluding steroid dienone is 1. The van der Waals surface area contributed by atoms with Crippen LogP contribution in [0.4, 0.5) is 11.4 Å². The first-order valence-electron chi connectivity index (χ1n) is 21.9. The lowest BCUT2D eigenvalue weighted by Crippen LogP contribution is -2.54. The molecule has 4 aliphatic carbocycles. The number of nitrogens with two attached hydrogens (primary N) is 2. The first-order valence-corrected chi connectivity index (χ1v) is 21.9. The molecule has 3 aromatic carbocycles. The molecule has 2 unspecified atom stereocenters. The fraction of sp³-hybridized carbons (Fsp3) is 0.580. The van der Waals surface area contributed by atoms with Crippen LogP contribution in [0.1, 0.15) is 128 Å². The van der Waals surface area contributed by atoms with Crippen molar-refractivity contribution in [2.75, 3.05) is 24.7 Å². The summed E-state index contributed by atoms with van der Waals surface area (Å²) in [5, 5.41) is 0. The van der Waals surface area contributed by atoms with Crippen LogP contribution in [-0.4, -0.2) is 25.1 Å². The second-order valence-electron chi connectivity index (χ2n) is 19.0. The number of rotatable bonds is 15. The van der Waals surface area contributed by atoms with Gasteiger partial charge in [0, 0.05) is 11.3 Å². The highest BCUT2D eigenvalue weighted by atomic mass is 16.5. The largest absolute Gasteiger partial charge is 0.490 e. The summed E-state index contributed by atoms with van der Waals surface area (Å²) in [5.41, 5.74) is 15.4. The molecule has 4 fully saturated rings. The van der Waals surface area contributed by atoms with Gasteiger partial charge in [0.2, 0.25) is 0 Å². The van der Waals surface area contributed by atoms with Gasteiger partial charge in [-0.25, -0.2) is 0 Å². The number of benzene rings is 3. The molecule has 0 spiro atoms. The standard InChI is InChI=1S/C50H68N2O4/c1-33(2)7-6-8-34(3)43-21-22-44-42-20-14-37-31-41(25-27-49(37,4)45(42)26-28-50(43,44)5)56-40-18-12-36(13-19-40)47(53)23-11-35-9-16-39(17-10-35)54-29-30-55-48-24-15-38(51)32-46(48)52/h9-13,15-19,23-24,32-34,37,41-45H,6-8,14,20-22,25-31,51-52H2,1-5H3/t34-,37?,41?,42+,43-,44+,45+,49+,50-/m1/s1. The molecule has 0 amide bonds. The van der Waals surface area contributed by atoms with Gasteiger partial charge in [0.15, 0.2) is 5.78 Å². The summed E-state index contributed by atoms with van der Waals surface area (Å²) in [7, 11) is 0. The smallest absolute Gasteiger partial charge is 0.185 e. The highest BCUT2D eigenvalue weighted by molar-refractivity contribution is 6.06. The summed E-state index contributed by atoms with van der Waals surface area (Å²) in [5.74, 6) is 8.26. The summed E-state index contributed by atoms with van der Waals surface area (Å²) < 4.78 is 18.1. The zero-order valence-corrected chi connectivity index (χ0v) is 34.8. The number of carbonyl (C=O) groups is 1. The van der Waals surface area contributed by atoms with E-state index in [1.165, 1.54) is 64.2 Å². The average Bonchev–Trinajstić information content (AvgIpc) is 3.54. The third-order valence-electron chi connectivity index (χ3n) is 15.2. The van der Waals surface area contributed by atoms with Crippen LogP contribution in [0.5, 0.6) is 17.2 Å². The number of hydrogen-bond acceptors (Lipinski definition) is 6. The van der Waals surface area contributed by atoms with E-state index in [1.54, 1.807) is 24.3 Å². The van der Waals surface area contributed by atoms with Gasteiger partial charge in [-0.1, -0.05) is 72.1 Å². The average molecular weight is 761 g/mol. The zero-order valence-electron chi connectivity index (χ0n) is 34.8. The minimum absolute atomic E-state index is 0.0288. The predicted molar refractivity (Wildman–Crippen MR) is 230 cm³/mol. The second kappa shape index (κ2) is 17.3. The van der Waals surface area contributed by atoms with Crippen molar-refractivity contribution in [3.63, 3.8) is 0 Å². The van der Waals surface area contributed by atoms with Crippen LogP contribution in [0.15, 0.2) is 72.8 Å². The van der Waals surface area contributed by atoms with E-state index in [0.717, 1.165) is 71.3 Å². The minimum atomic E-state index is -0.0288. The van der Waals surface area contributed by atoms with Gasteiger partial charge in [0.1, 0.15) is 30.5 Å². The Labute approximate surface area is 337 Å². The van der Waals surface area contributed by atoms with Gasteiger partial charge in [-0.15, -0.1) is 0 Å². The number of fused-ring (bicyclic) bond motifs is 5. The first kappa shape index (κ1) is 40.3. The summed E-state index contributed by atoms with van der Waals surface area (Å²) >= 11 is 0. The van der Waals surface area contributed by atoms with Crippen LogP contribution in [0.3, 0.4) is 0 Å². The highest BCUT2D eigenvalue weighted by Gasteiger charge is 2.60. The van der Waals surface area contributed by atoms with Crippen LogP contribution in [0.25, 0.3) is 6.08 Å². The van der Waals surface area contributed by atoms with Gasteiger partial charge in [0.25, 0.3) is 0 Å². The summed E-state index contributed by atoms with van der Waals surface area (Å²) in [6.07, 6.45) is 20.1. The van der Waals surface area contributed by atoms with E-state index in [9.17, 15) is 4.79 Å². The fourth-order valence-electron chi connectivity index (χ4n) is 12.2. The predicted octanol–water partition coefficient (Wildman–Crippen LogP) is 12.1. The SMILES string of the molecule is CC(C)CCC[C@@H](C)[C@H]1CC[C@H]2[C@@H]3CCC4CC(Oc5ccc(C(=O)C=Cc6ccc(OCCOc7ccc(N)cc7N)cc6)cc5)CC[C@]4(C)[C@H]3CC[C@]12C. The molecule has 4 N–H and O–H groups in total. The van der Waals surface area contributed by atoms with Gasteiger partial charge in [-0.3, -0.25) is 4.79 Å². The third kappa shape index (κ3) is 8.80. The normalized spacial score (nSPS) is 30.3. The molecule has 6 nitrogen and oxygen atoms in total. The van der Waals surface area contributed by atoms with Gasteiger partial charge < -0.3 is 25.7 Å². The Morgan fingerprint density at radius 2 is 1.50 bits per heavy atom. The van der Waals surface area contributed by atoms with Crippen molar-refractivity contribution in [3.8, 4) is 17.2 Å². The molecule has 0 saturated heterocycles. The molecule has 4 aliphatic rings. The molecule has 302 valence electrons. The van der Waals surface area contributed by atoms with Crippen molar-refractivity contribution in [3.05, 3.63) is 83.9 Å². The molecule has 0 heterocycles. The Kier molecular flexibility index (Phi) is 12.4. The summed E-state index contributed by atoms with van der Waals surface area (Å²) in [4.78, 5) is 13.1. The Hall–Kier alpha value is -3.93. The Morgan fingerprint density at radius 3 is 2.25 bits per heavy atom. The molecule has 3 aromatic rings. The first-order chi connectivity index (χ1) is 26.9. The molecule has 0 aromatic heterocycles. The van der Waals surface area contributed by atoms with E-state index in [4.69, 9.17) is 25.7 Å². The lowest BCUT2D eigenvalue weighted by molar-refractivity contribution is -0.126. The number of hydrogen-bond donors (Lipinski definition) is 2.